The third-order valence-corrected chi connectivity index (χ3v) is 5.81. The second-order valence-corrected chi connectivity index (χ2v) is 7.47. The van der Waals surface area contributed by atoms with Crippen LogP contribution >= 0.6 is 0 Å². The van der Waals surface area contributed by atoms with Crippen LogP contribution in [-0.2, 0) is 0 Å². The zero-order valence-corrected chi connectivity index (χ0v) is 15.8. The Hall–Kier alpha value is -2.86. The molecule has 0 spiro atoms. The molecule has 2 N–H and O–H groups in total. The molecule has 1 aromatic carbocycles. The molecule has 2 aliphatic rings. The minimum atomic E-state index is -0.621. The fraction of sp³-hybridized carbons (Fsp3) is 0.526. The molecule has 1 aromatic heterocycles. The van der Waals surface area contributed by atoms with E-state index in [4.69, 9.17) is 10.00 Å². The number of aromatic nitrogens is 2. The van der Waals surface area contributed by atoms with Gasteiger partial charge in [0.15, 0.2) is 11.6 Å². The summed E-state index contributed by atoms with van der Waals surface area (Å²) < 4.78 is 22.4. The molecule has 2 unspecified atom stereocenters. The maximum atomic E-state index is 15.1. The average Bonchev–Trinajstić information content (AvgIpc) is 3.13. The van der Waals surface area contributed by atoms with Crippen molar-refractivity contribution in [2.75, 3.05) is 31.6 Å². The van der Waals surface area contributed by atoms with Gasteiger partial charge in [-0.25, -0.2) is 9.18 Å². The summed E-state index contributed by atoms with van der Waals surface area (Å²) in [6.07, 6.45) is 1.19. The van der Waals surface area contributed by atoms with Gasteiger partial charge in [0.2, 0.25) is 0 Å². The molecule has 0 amide bonds. The first kappa shape index (κ1) is 18.5. The zero-order chi connectivity index (χ0) is 20.0. The number of hydrogen-bond donors (Lipinski definition) is 2. The zero-order valence-electron chi connectivity index (χ0n) is 15.8. The summed E-state index contributed by atoms with van der Waals surface area (Å²) in [5.74, 6) is -0.108. The van der Waals surface area contributed by atoms with E-state index >= 15 is 4.39 Å². The highest BCUT2D eigenvalue weighted by Crippen LogP contribution is 2.42. The molecule has 4 rings (SSSR count). The van der Waals surface area contributed by atoms with E-state index < -0.39 is 17.1 Å². The molecule has 2 aliphatic heterocycles. The summed E-state index contributed by atoms with van der Waals surface area (Å²) in [4.78, 5) is 28.8. The molecule has 0 aliphatic carbocycles. The van der Waals surface area contributed by atoms with Crippen LogP contribution < -0.4 is 26.2 Å². The molecule has 1 fully saturated rings. The third-order valence-electron chi connectivity index (χ3n) is 5.81. The van der Waals surface area contributed by atoms with Crippen LogP contribution in [-0.4, -0.2) is 42.3 Å². The van der Waals surface area contributed by atoms with Gasteiger partial charge in [0, 0.05) is 19.1 Å². The Balaban J connectivity index is 1.84. The van der Waals surface area contributed by atoms with Gasteiger partial charge in [-0.15, -0.1) is 0 Å². The largest absolute Gasteiger partial charge is 0.487 e. The molecule has 3 heterocycles. The topological polar surface area (TPSA) is 103 Å². The number of aromatic amines is 1. The van der Waals surface area contributed by atoms with E-state index in [0.717, 1.165) is 6.42 Å². The Kier molecular flexibility index (Phi) is 4.59. The number of halogens is 1. The van der Waals surface area contributed by atoms with E-state index in [2.05, 4.69) is 16.4 Å². The van der Waals surface area contributed by atoms with E-state index in [1.54, 1.807) is 0 Å². The summed E-state index contributed by atoms with van der Waals surface area (Å²) in [5.41, 5.74) is -0.512. The van der Waals surface area contributed by atoms with Crippen LogP contribution in [0.15, 0.2) is 15.7 Å². The molecular formula is C19H22FN5O3. The predicted octanol–water partition coefficient (Wildman–Crippen LogP) is 1.11. The number of benzene rings is 1. The van der Waals surface area contributed by atoms with Crippen LogP contribution in [0.1, 0.15) is 25.8 Å². The van der Waals surface area contributed by atoms with Crippen LogP contribution in [0.2, 0.25) is 0 Å². The standard InChI is InChI=1S/C19H22FN5O3/c1-10-9-28-17-15-12(18(26)23-19(27)25(10)15)7-13(20)16(17)24-6-4-11(8-24)14(22-2)3-5-21/h7,10-11,14,22H,3-4,6,8-9H2,1-2H3,(H,23,26,27)/t10-,11?,14?/m0/s1. The van der Waals surface area contributed by atoms with Gasteiger partial charge in [-0.3, -0.25) is 14.3 Å². The summed E-state index contributed by atoms with van der Waals surface area (Å²) in [6.45, 7) is 3.21. The molecule has 3 atom stereocenters. The van der Waals surface area contributed by atoms with Crippen molar-refractivity contribution in [1.29, 1.82) is 5.26 Å². The van der Waals surface area contributed by atoms with Crippen molar-refractivity contribution in [2.24, 2.45) is 5.92 Å². The van der Waals surface area contributed by atoms with Crippen molar-refractivity contribution in [3.63, 3.8) is 0 Å². The molecular weight excluding hydrogens is 365 g/mol. The maximum Gasteiger partial charge on any atom is 0.329 e. The smallest absolute Gasteiger partial charge is 0.329 e. The number of hydrogen-bond acceptors (Lipinski definition) is 6. The first-order chi connectivity index (χ1) is 13.5. The van der Waals surface area contributed by atoms with E-state index in [1.165, 1.54) is 10.6 Å². The van der Waals surface area contributed by atoms with Crippen LogP contribution in [0.25, 0.3) is 10.9 Å². The lowest BCUT2D eigenvalue weighted by atomic mass is 9.97. The number of nitrogens with one attached hydrogen (secondary N) is 2. The number of anilines is 1. The third kappa shape index (κ3) is 2.76. The molecule has 28 heavy (non-hydrogen) atoms. The van der Waals surface area contributed by atoms with Gasteiger partial charge in [0.25, 0.3) is 5.56 Å². The number of nitriles is 1. The second kappa shape index (κ2) is 6.95. The normalized spacial score (nSPS) is 22.1. The average molecular weight is 387 g/mol. The van der Waals surface area contributed by atoms with E-state index in [1.807, 2.05) is 18.9 Å². The lowest BCUT2D eigenvalue weighted by Gasteiger charge is -2.30. The lowest BCUT2D eigenvalue weighted by molar-refractivity contribution is 0.242. The first-order valence-electron chi connectivity index (χ1n) is 9.39. The van der Waals surface area contributed by atoms with Crippen molar-refractivity contribution in [3.05, 3.63) is 32.7 Å². The van der Waals surface area contributed by atoms with Gasteiger partial charge in [-0.05, 0) is 32.4 Å². The van der Waals surface area contributed by atoms with Gasteiger partial charge in [-0.2, -0.15) is 5.26 Å². The number of ether oxygens (including phenoxy) is 1. The fourth-order valence-electron chi connectivity index (χ4n) is 4.40. The van der Waals surface area contributed by atoms with Gasteiger partial charge < -0.3 is 15.0 Å². The summed E-state index contributed by atoms with van der Waals surface area (Å²) in [5, 5.41) is 12.3. The number of rotatable bonds is 4. The van der Waals surface area contributed by atoms with Crippen LogP contribution in [0, 0.1) is 23.1 Å². The van der Waals surface area contributed by atoms with Crippen molar-refractivity contribution in [3.8, 4) is 11.8 Å². The lowest BCUT2D eigenvalue weighted by Crippen LogP contribution is -2.38. The van der Waals surface area contributed by atoms with E-state index in [0.29, 0.717) is 25.0 Å². The van der Waals surface area contributed by atoms with Crippen LogP contribution in [0.5, 0.6) is 5.75 Å². The van der Waals surface area contributed by atoms with E-state index in [-0.39, 0.29) is 41.4 Å². The molecule has 1 saturated heterocycles. The highest BCUT2D eigenvalue weighted by molar-refractivity contribution is 5.91. The molecule has 0 bridgehead atoms. The highest BCUT2D eigenvalue weighted by Gasteiger charge is 2.34. The van der Waals surface area contributed by atoms with Crippen LogP contribution in [0.4, 0.5) is 10.1 Å². The van der Waals surface area contributed by atoms with Gasteiger partial charge in [0.05, 0.1) is 23.9 Å². The van der Waals surface area contributed by atoms with Gasteiger partial charge in [0.1, 0.15) is 17.8 Å². The monoisotopic (exact) mass is 387 g/mol. The Morgan fingerprint density at radius 2 is 2.29 bits per heavy atom. The van der Waals surface area contributed by atoms with E-state index in [9.17, 15) is 9.59 Å². The number of nitrogens with zero attached hydrogens (tertiary/aromatic N) is 3. The molecule has 2 aromatic rings. The van der Waals surface area contributed by atoms with Crippen molar-refractivity contribution < 1.29 is 9.13 Å². The van der Waals surface area contributed by atoms with Crippen molar-refractivity contribution in [2.45, 2.75) is 31.8 Å². The Morgan fingerprint density at radius 1 is 1.50 bits per heavy atom. The highest BCUT2D eigenvalue weighted by atomic mass is 19.1. The molecule has 148 valence electrons. The Morgan fingerprint density at radius 3 is 3.00 bits per heavy atom. The minimum Gasteiger partial charge on any atom is -0.487 e. The second-order valence-electron chi connectivity index (χ2n) is 7.47. The van der Waals surface area contributed by atoms with Crippen molar-refractivity contribution >= 4 is 16.6 Å². The fourth-order valence-corrected chi connectivity index (χ4v) is 4.40. The SMILES string of the molecule is CNC(CC#N)C1CCN(c2c(F)cc3c(=O)[nH]c(=O)n4c3c2OC[C@@H]4C)C1. The van der Waals surface area contributed by atoms with Crippen molar-refractivity contribution in [1.82, 2.24) is 14.9 Å². The summed E-state index contributed by atoms with van der Waals surface area (Å²) in [6, 6.07) is 3.12. The summed E-state index contributed by atoms with van der Waals surface area (Å²) >= 11 is 0. The van der Waals surface area contributed by atoms with Gasteiger partial charge >= 0.3 is 5.69 Å². The molecule has 0 saturated carbocycles. The van der Waals surface area contributed by atoms with Gasteiger partial charge in [-0.1, -0.05) is 0 Å². The molecule has 8 nitrogen and oxygen atoms in total. The molecule has 9 heteroatoms. The Labute approximate surface area is 160 Å². The summed E-state index contributed by atoms with van der Waals surface area (Å²) in [7, 11) is 1.82. The predicted molar refractivity (Wildman–Crippen MR) is 102 cm³/mol. The molecule has 0 radical (unpaired) electrons. The van der Waals surface area contributed by atoms with Crippen LogP contribution in [0.3, 0.4) is 0 Å². The maximum absolute atomic E-state index is 15.1. The quantitative estimate of drug-likeness (QED) is 0.815. The first-order valence-corrected chi connectivity index (χ1v) is 9.39. The Bertz CT molecular complexity index is 1090. The number of H-pyrrole nitrogens is 1. The minimum absolute atomic E-state index is 0.0249.